The molecular weight excluding hydrogens is 384 g/mol. The largest absolute Gasteiger partial charge is 0.478 e. The second-order valence-electron chi connectivity index (χ2n) is 7.79. The lowest BCUT2D eigenvalue weighted by Gasteiger charge is -2.43. The monoisotopic (exact) mass is 418 g/mol. The van der Waals surface area contributed by atoms with Crippen LogP contribution in [0.25, 0.3) is 0 Å². The minimum Gasteiger partial charge on any atom is -0.478 e. The minimum absolute atomic E-state index is 0.267. The van der Waals surface area contributed by atoms with E-state index >= 15 is 0 Å². The maximum Gasteiger partial charge on any atom is 0.335 e. The normalized spacial score (nSPS) is 13.4. The van der Waals surface area contributed by atoms with Crippen molar-refractivity contribution in [2.75, 3.05) is 0 Å². The molecule has 0 aromatic heterocycles. The van der Waals surface area contributed by atoms with Gasteiger partial charge < -0.3 is 20.4 Å². The van der Waals surface area contributed by atoms with Gasteiger partial charge in [-0.25, -0.2) is 9.59 Å². The van der Waals surface area contributed by atoms with Crippen LogP contribution >= 0.6 is 0 Å². The van der Waals surface area contributed by atoms with Crippen molar-refractivity contribution in [2.45, 2.75) is 59.2 Å². The van der Waals surface area contributed by atoms with Crippen molar-refractivity contribution in [1.82, 2.24) is 0 Å². The molecule has 2 unspecified atom stereocenters. The summed E-state index contributed by atoms with van der Waals surface area (Å²) in [5.74, 6) is -1.76. The standard InChI is InChI=1S/C10H22O2.2C7H6O2/c1-6-8(11)10(12,7-2)9(3,4)5;2*8-7(9)6-4-2-1-3-5-6/h8,11-12H,6-7H2,1-5H3;2*1-5H,(H,8,9). The van der Waals surface area contributed by atoms with Crippen LogP contribution in [0, 0.1) is 5.41 Å². The number of benzene rings is 2. The third kappa shape index (κ3) is 8.76. The van der Waals surface area contributed by atoms with Gasteiger partial charge >= 0.3 is 11.9 Å². The number of aromatic carboxylic acids is 2. The number of hydrogen-bond acceptors (Lipinski definition) is 4. The summed E-state index contributed by atoms with van der Waals surface area (Å²) in [6.45, 7) is 9.65. The first-order chi connectivity index (χ1) is 13.9. The Balaban J connectivity index is 0.000000426. The number of hydrogen-bond donors (Lipinski definition) is 4. The predicted molar refractivity (Wildman–Crippen MR) is 118 cm³/mol. The highest BCUT2D eigenvalue weighted by Crippen LogP contribution is 2.36. The van der Waals surface area contributed by atoms with Crippen molar-refractivity contribution in [3.63, 3.8) is 0 Å². The van der Waals surface area contributed by atoms with Gasteiger partial charge in [-0.15, -0.1) is 0 Å². The second-order valence-corrected chi connectivity index (χ2v) is 7.79. The van der Waals surface area contributed by atoms with Crippen LogP contribution in [0.4, 0.5) is 0 Å². The maximum atomic E-state index is 10.2. The summed E-state index contributed by atoms with van der Waals surface area (Å²) in [6, 6.07) is 16.6. The molecule has 0 amide bonds. The fourth-order valence-corrected chi connectivity index (χ4v) is 2.76. The molecule has 0 radical (unpaired) electrons. The van der Waals surface area contributed by atoms with Crippen LogP contribution in [0.1, 0.15) is 68.2 Å². The van der Waals surface area contributed by atoms with E-state index in [1.165, 1.54) is 0 Å². The maximum absolute atomic E-state index is 10.2. The zero-order chi connectivity index (χ0) is 23.4. The molecule has 0 aliphatic rings. The first-order valence-electron chi connectivity index (χ1n) is 9.87. The summed E-state index contributed by atoms with van der Waals surface area (Å²) >= 11 is 0. The Morgan fingerprint density at radius 3 is 1.27 bits per heavy atom. The molecule has 6 heteroatoms. The van der Waals surface area contributed by atoms with Crippen LogP contribution in [0.2, 0.25) is 0 Å². The van der Waals surface area contributed by atoms with E-state index < -0.39 is 23.6 Å². The predicted octanol–water partition coefficient (Wildman–Crippen LogP) is 4.71. The third-order valence-corrected chi connectivity index (χ3v) is 4.82. The Kier molecular flexibility index (Phi) is 11.6. The van der Waals surface area contributed by atoms with Crippen molar-refractivity contribution < 1.29 is 30.0 Å². The molecule has 166 valence electrons. The van der Waals surface area contributed by atoms with Gasteiger partial charge in [0.1, 0.15) is 0 Å². The van der Waals surface area contributed by atoms with E-state index in [0.717, 1.165) is 0 Å². The molecule has 0 spiro atoms. The molecule has 6 nitrogen and oxygen atoms in total. The van der Waals surface area contributed by atoms with Crippen molar-refractivity contribution in [3.8, 4) is 0 Å². The number of carboxylic acid groups (broad SMARTS) is 2. The highest BCUT2D eigenvalue weighted by molar-refractivity contribution is 5.87. The lowest BCUT2D eigenvalue weighted by atomic mass is 9.71. The molecule has 0 bridgehead atoms. The number of rotatable bonds is 5. The summed E-state index contributed by atoms with van der Waals surface area (Å²) in [4.78, 5) is 20.4. The van der Waals surface area contributed by atoms with Gasteiger partial charge in [0.05, 0.1) is 22.8 Å². The summed E-state index contributed by atoms with van der Waals surface area (Å²) in [5.41, 5.74) is -0.561. The SMILES string of the molecule is CCC(O)C(O)(CC)C(C)(C)C.O=C(O)c1ccccc1.O=C(O)c1ccccc1. The molecule has 0 fully saturated rings. The summed E-state index contributed by atoms with van der Waals surface area (Å²) in [5, 5.41) is 36.6. The molecule has 0 heterocycles. The molecule has 2 atom stereocenters. The van der Waals surface area contributed by atoms with Gasteiger partial charge in [0.25, 0.3) is 0 Å². The molecular formula is C24H34O6. The Bertz CT molecular complexity index is 703. The van der Waals surface area contributed by atoms with Crippen LogP contribution in [0.15, 0.2) is 60.7 Å². The topological polar surface area (TPSA) is 115 Å². The Morgan fingerprint density at radius 1 is 0.800 bits per heavy atom. The van der Waals surface area contributed by atoms with Crippen molar-refractivity contribution >= 4 is 11.9 Å². The molecule has 2 aromatic carbocycles. The lowest BCUT2D eigenvalue weighted by molar-refractivity contribution is -0.144. The zero-order valence-electron chi connectivity index (χ0n) is 18.4. The summed E-state index contributed by atoms with van der Waals surface area (Å²) in [6.07, 6.45) is 0.565. The minimum atomic E-state index is -0.957. The van der Waals surface area contributed by atoms with Crippen LogP contribution in [-0.2, 0) is 0 Å². The van der Waals surface area contributed by atoms with Crippen LogP contribution in [0.5, 0.6) is 0 Å². The smallest absolute Gasteiger partial charge is 0.335 e. The van der Waals surface area contributed by atoms with Crippen molar-refractivity contribution in [2.24, 2.45) is 5.41 Å². The second kappa shape index (κ2) is 12.8. The summed E-state index contributed by atoms with van der Waals surface area (Å²) in [7, 11) is 0. The number of carboxylic acids is 2. The quantitative estimate of drug-likeness (QED) is 0.559. The van der Waals surface area contributed by atoms with E-state index in [2.05, 4.69) is 0 Å². The number of aliphatic hydroxyl groups is 2. The molecule has 4 N–H and O–H groups in total. The van der Waals surface area contributed by atoms with Gasteiger partial charge in [-0.3, -0.25) is 0 Å². The van der Waals surface area contributed by atoms with Crippen molar-refractivity contribution in [3.05, 3.63) is 71.8 Å². The molecule has 0 aliphatic carbocycles. The Morgan fingerprint density at radius 2 is 1.13 bits per heavy atom. The van der Waals surface area contributed by atoms with Crippen LogP contribution in [-0.4, -0.2) is 44.1 Å². The van der Waals surface area contributed by atoms with Crippen molar-refractivity contribution in [1.29, 1.82) is 0 Å². The highest BCUT2D eigenvalue weighted by atomic mass is 16.4. The average molecular weight is 419 g/mol. The van der Waals surface area contributed by atoms with Gasteiger partial charge in [-0.2, -0.15) is 0 Å². The fourth-order valence-electron chi connectivity index (χ4n) is 2.76. The van der Waals surface area contributed by atoms with Crippen LogP contribution in [0.3, 0.4) is 0 Å². The Labute approximate surface area is 178 Å². The lowest BCUT2D eigenvalue weighted by Crippen LogP contribution is -2.51. The molecule has 0 aliphatic heterocycles. The molecule has 30 heavy (non-hydrogen) atoms. The van der Waals surface area contributed by atoms with E-state index in [-0.39, 0.29) is 5.41 Å². The van der Waals surface area contributed by atoms with E-state index in [1.54, 1.807) is 60.7 Å². The van der Waals surface area contributed by atoms with Gasteiger partial charge in [-0.1, -0.05) is 71.0 Å². The number of aliphatic hydroxyl groups excluding tert-OH is 1. The summed E-state index contributed by atoms with van der Waals surface area (Å²) < 4.78 is 0. The van der Waals surface area contributed by atoms with Gasteiger partial charge in [0.15, 0.2) is 0 Å². The Hall–Kier alpha value is -2.70. The molecule has 2 rings (SSSR count). The third-order valence-electron chi connectivity index (χ3n) is 4.82. The molecule has 0 saturated heterocycles. The average Bonchev–Trinajstić information content (AvgIpc) is 2.73. The highest BCUT2D eigenvalue weighted by Gasteiger charge is 2.43. The van der Waals surface area contributed by atoms with Gasteiger partial charge in [0.2, 0.25) is 0 Å². The fraction of sp³-hybridized carbons (Fsp3) is 0.417. The zero-order valence-corrected chi connectivity index (χ0v) is 18.4. The first-order valence-corrected chi connectivity index (χ1v) is 9.87. The van der Waals surface area contributed by atoms with E-state index in [0.29, 0.717) is 24.0 Å². The van der Waals surface area contributed by atoms with E-state index in [9.17, 15) is 19.8 Å². The van der Waals surface area contributed by atoms with E-state index in [1.807, 2.05) is 34.6 Å². The molecule has 0 saturated carbocycles. The van der Waals surface area contributed by atoms with Gasteiger partial charge in [-0.05, 0) is 42.5 Å². The molecule has 2 aromatic rings. The number of carbonyl (C=O) groups is 2. The first kappa shape index (κ1) is 27.3. The van der Waals surface area contributed by atoms with E-state index in [4.69, 9.17) is 10.2 Å². The van der Waals surface area contributed by atoms with Gasteiger partial charge in [0, 0.05) is 0 Å². The van der Waals surface area contributed by atoms with Crippen LogP contribution < -0.4 is 0 Å².